The quantitative estimate of drug-likeness (QED) is 0.782. The van der Waals surface area contributed by atoms with Crippen LogP contribution >= 0.6 is 0 Å². The number of methoxy groups -OCH3 is 1. The van der Waals surface area contributed by atoms with Gasteiger partial charge in [-0.15, -0.1) is 0 Å². The highest BCUT2D eigenvalue weighted by Crippen LogP contribution is 2.24. The van der Waals surface area contributed by atoms with Crippen molar-refractivity contribution in [2.75, 3.05) is 20.2 Å². The summed E-state index contributed by atoms with van der Waals surface area (Å²) < 4.78 is 33.2. The molecule has 0 bridgehead atoms. The number of rotatable bonds is 6. The molecule has 1 saturated heterocycles. The fourth-order valence-corrected chi connectivity index (χ4v) is 5.33. The lowest BCUT2D eigenvalue weighted by molar-refractivity contribution is 0.0950. The van der Waals surface area contributed by atoms with Crippen LogP contribution in [0.25, 0.3) is 0 Å². The fourth-order valence-electron chi connectivity index (χ4n) is 3.57. The van der Waals surface area contributed by atoms with Crippen molar-refractivity contribution in [2.24, 2.45) is 0 Å². The number of hydrogen-bond donors (Lipinski definition) is 1. The summed E-state index contributed by atoms with van der Waals surface area (Å²) in [6.45, 7) is 3.13. The van der Waals surface area contributed by atoms with Crippen molar-refractivity contribution < 1.29 is 17.9 Å². The van der Waals surface area contributed by atoms with Gasteiger partial charge < -0.3 is 10.1 Å². The summed E-state index contributed by atoms with van der Waals surface area (Å²) in [6, 6.07) is 12.3. The van der Waals surface area contributed by atoms with Gasteiger partial charge in [-0.1, -0.05) is 37.1 Å². The minimum absolute atomic E-state index is 0.212. The second-order valence-corrected chi connectivity index (χ2v) is 9.20. The lowest BCUT2D eigenvalue weighted by Crippen LogP contribution is -2.32. The van der Waals surface area contributed by atoms with E-state index in [2.05, 4.69) is 5.32 Å². The Labute approximate surface area is 172 Å². The molecule has 1 heterocycles. The van der Waals surface area contributed by atoms with Crippen LogP contribution in [0.2, 0.25) is 0 Å². The normalized spacial score (nSPS) is 15.5. The van der Waals surface area contributed by atoms with Gasteiger partial charge in [-0.3, -0.25) is 4.79 Å². The summed E-state index contributed by atoms with van der Waals surface area (Å²) in [5.74, 6) is 0.379. The first-order valence-corrected chi connectivity index (χ1v) is 11.4. The number of aryl methyl sites for hydroxylation is 1. The number of nitrogens with zero attached hydrogens (tertiary/aromatic N) is 1. The Hall–Kier alpha value is -2.38. The minimum Gasteiger partial charge on any atom is -0.496 e. The zero-order valence-electron chi connectivity index (χ0n) is 17.0. The molecule has 1 N–H and O–H groups in total. The van der Waals surface area contributed by atoms with Crippen LogP contribution in [-0.2, 0) is 16.6 Å². The van der Waals surface area contributed by atoms with Crippen LogP contribution in [0.3, 0.4) is 0 Å². The van der Waals surface area contributed by atoms with E-state index in [1.54, 1.807) is 30.5 Å². The van der Waals surface area contributed by atoms with Crippen molar-refractivity contribution in [1.82, 2.24) is 9.62 Å². The molecule has 1 amide bonds. The van der Waals surface area contributed by atoms with Crippen molar-refractivity contribution in [3.8, 4) is 5.75 Å². The highest BCUT2D eigenvalue weighted by atomic mass is 32.2. The molecule has 6 nitrogen and oxygen atoms in total. The number of benzene rings is 2. The van der Waals surface area contributed by atoms with Gasteiger partial charge in [-0.05, 0) is 43.5 Å². The topological polar surface area (TPSA) is 75.7 Å². The smallest absolute Gasteiger partial charge is 0.251 e. The fraction of sp³-hybridized carbons (Fsp3) is 0.409. The Bertz CT molecular complexity index is 965. The van der Waals surface area contributed by atoms with Crippen molar-refractivity contribution in [1.29, 1.82) is 0 Å². The molecule has 1 aliphatic heterocycles. The Morgan fingerprint density at radius 2 is 1.76 bits per heavy atom. The van der Waals surface area contributed by atoms with E-state index in [0.29, 0.717) is 36.5 Å². The van der Waals surface area contributed by atoms with E-state index in [1.165, 1.54) is 6.07 Å². The van der Waals surface area contributed by atoms with Crippen LogP contribution in [0.1, 0.15) is 47.2 Å². The van der Waals surface area contributed by atoms with Gasteiger partial charge in [-0.25, -0.2) is 8.42 Å². The summed E-state index contributed by atoms with van der Waals surface area (Å²) in [5.41, 5.74) is 1.84. The number of carbonyl (C=O) groups is 1. The Morgan fingerprint density at radius 3 is 2.45 bits per heavy atom. The van der Waals surface area contributed by atoms with E-state index >= 15 is 0 Å². The molecule has 29 heavy (non-hydrogen) atoms. The van der Waals surface area contributed by atoms with Gasteiger partial charge in [0, 0.05) is 30.8 Å². The maximum absolute atomic E-state index is 13.2. The number of amides is 1. The summed E-state index contributed by atoms with van der Waals surface area (Å²) in [4.78, 5) is 12.9. The lowest BCUT2D eigenvalue weighted by Gasteiger charge is -2.21. The van der Waals surface area contributed by atoms with E-state index in [0.717, 1.165) is 31.2 Å². The van der Waals surface area contributed by atoms with Crippen LogP contribution in [0.4, 0.5) is 0 Å². The molecular formula is C22H28N2O4S. The van der Waals surface area contributed by atoms with Gasteiger partial charge in [0.05, 0.1) is 12.0 Å². The molecule has 0 spiro atoms. The highest BCUT2D eigenvalue weighted by molar-refractivity contribution is 7.89. The van der Waals surface area contributed by atoms with Crippen molar-refractivity contribution in [3.63, 3.8) is 0 Å². The maximum Gasteiger partial charge on any atom is 0.251 e. The zero-order chi connectivity index (χ0) is 20.9. The van der Waals surface area contributed by atoms with Crippen LogP contribution in [0.15, 0.2) is 47.4 Å². The van der Waals surface area contributed by atoms with Gasteiger partial charge in [0.15, 0.2) is 0 Å². The average molecular weight is 417 g/mol. The van der Waals surface area contributed by atoms with Gasteiger partial charge in [0.25, 0.3) is 5.91 Å². The molecule has 2 aromatic carbocycles. The third kappa shape index (κ3) is 4.97. The van der Waals surface area contributed by atoms with Crippen LogP contribution < -0.4 is 10.1 Å². The number of ether oxygens (including phenoxy) is 1. The number of hydrogen-bond acceptors (Lipinski definition) is 4. The molecular weight excluding hydrogens is 388 g/mol. The largest absolute Gasteiger partial charge is 0.496 e. The second kappa shape index (κ2) is 9.41. The second-order valence-electron chi connectivity index (χ2n) is 7.29. The first-order valence-electron chi connectivity index (χ1n) is 9.94. The number of para-hydroxylation sites is 1. The number of sulfonamides is 1. The number of carbonyl (C=O) groups excluding carboxylic acids is 1. The van der Waals surface area contributed by atoms with Crippen molar-refractivity contribution >= 4 is 15.9 Å². The molecule has 0 saturated carbocycles. The summed E-state index contributed by atoms with van der Waals surface area (Å²) >= 11 is 0. The molecule has 0 radical (unpaired) electrons. The molecule has 3 rings (SSSR count). The average Bonchev–Trinajstić information content (AvgIpc) is 3.02. The van der Waals surface area contributed by atoms with E-state index in [4.69, 9.17) is 4.74 Å². The monoisotopic (exact) mass is 416 g/mol. The Kier molecular flexibility index (Phi) is 6.92. The van der Waals surface area contributed by atoms with Crippen LogP contribution in [0.5, 0.6) is 5.75 Å². The van der Waals surface area contributed by atoms with E-state index in [1.807, 2.05) is 24.3 Å². The molecule has 1 fully saturated rings. The first-order chi connectivity index (χ1) is 13.9. The van der Waals surface area contributed by atoms with E-state index in [9.17, 15) is 13.2 Å². The number of nitrogens with one attached hydrogen (secondary N) is 1. The van der Waals surface area contributed by atoms with Gasteiger partial charge in [0.2, 0.25) is 10.0 Å². The minimum atomic E-state index is -3.62. The summed E-state index contributed by atoms with van der Waals surface area (Å²) in [7, 11) is -2.03. The van der Waals surface area contributed by atoms with E-state index < -0.39 is 10.0 Å². The van der Waals surface area contributed by atoms with E-state index in [-0.39, 0.29) is 10.8 Å². The predicted octanol–water partition coefficient (Wildman–Crippen LogP) is 3.50. The molecule has 2 aromatic rings. The Morgan fingerprint density at radius 1 is 1.07 bits per heavy atom. The third-order valence-electron chi connectivity index (χ3n) is 5.27. The molecule has 0 aromatic heterocycles. The SMILES string of the molecule is COc1ccccc1CNC(=O)c1ccc(C)c(S(=O)(=O)N2CCCCCC2)c1. The van der Waals surface area contributed by atoms with Crippen LogP contribution in [-0.4, -0.2) is 38.8 Å². The van der Waals surface area contributed by atoms with Gasteiger partial charge >= 0.3 is 0 Å². The molecule has 0 aliphatic carbocycles. The lowest BCUT2D eigenvalue weighted by atomic mass is 10.1. The predicted molar refractivity (Wildman–Crippen MR) is 113 cm³/mol. The standard InChI is InChI=1S/C22H28N2O4S/c1-17-11-12-18(22(25)23-16-19-9-5-6-10-20(19)28-2)15-21(17)29(26,27)24-13-7-3-4-8-14-24/h5-6,9-12,15H,3-4,7-8,13-14,16H2,1-2H3,(H,23,25). The maximum atomic E-state index is 13.2. The van der Waals surface area contributed by atoms with Crippen molar-refractivity contribution in [3.05, 3.63) is 59.2 Å². The third-order valence-corrected chi connectivity index (χ3v) is 7.31. The Balaban J connectivity index is 1.80. The van der Waals surface area contributed by atoms with Crippen molar-refractivity contribution in [2.45, 2.75) is 44.0 Å². The molecule has 1 aliphatic rings. The molecule has 0 atom stereocenters. The van der Waals surface area contributed by atoms with Gasteiger partial charge in [0.1, 0.15) is 5.75 Å². The zero-order valence-corrected chi connectivity index (χ0v) is 17.8. The highest BCUT2D eigenvalue weighted by Gasteiger charge is 2.27. The summed E-state index contributed by atoms with van der Waals surface area (Å²) in [6.07, 6.45) is 3.85. The molecule has 7 heteroatoms. The summed E-state index contributed by atoms with van der Waals surface area (Å²) in [5, 5.41) is 2.85. The molecule has 156 valence electrons. The van der Waals surface area contributed by atoms with Gasteiger partial charge in [-0.2, -0.15) is 4.31 Å². The first kappa shape index (κ1) is 21.3. The molecule has 0 unspecified atom stereocenters. The van der Waals surface area contributed by atoms with Crippen LogP contribution in [0, 0.1) is 6.92 Å².